The highest BCUT2D eigenvalue weighted by Crippen LogP contribution is 2.20. The van der Waals surface area contributed by atoms with E-state index in [1.165, 1.54) is 0 Å². The van der Waals surface area contributed by atoms with E-state index in [2.05, 4.69) is 10.3 Å². The molecule has 110 valence electrons. The molecule has 0 atom stereocenters. The minimum absolute atomic E-state index is 0.0553. The molecule has 3 N–H and O–H groups in total. The van der Waals surface area contributed by atoms with Crippen molar-refractivity contribution in [2.24, 2.45) is 0 Å². The van der Waals surface area contributed by atoms with Crippen LogP contribution in [0.1, 0.15) is 11.1 Å². The molecule has 0 aliphatic carbocycles. The predicted octanol–water partition coefficient (Wildman–Crippen LogP) is 2.04. The molecule has 0 unspecified atom stereocenters. The van der Waals surface area contributed by atoms with Crippen LogP contribution in [0.2, 0.25) is 0 Å². The Balaban J connectivity index is 1.91. The summed E-state index contributed by atoms with van der Waals surface area (Å²) < 4.78 is 0. The number of anilines is 2. The fourth-order valence-electron chi connectivity index (χ4n) is 2.08. The first-order valence-corrected chi connectivity index (χ1v) is 6.78. The molecular formula is C16H20N4O. The molecule has 1 aromatic heterocycles. The van der Waals surface area contributed by atoms with Crippen molar-refractivity contribution in [3.05, 3.63) is 53.9 Å². The zero-order valence-electron chi connectivity index (χ0n) is 12.3. The van der Waals surface area contributed by atoms with Crippen LogP contribution in [-0.2, 0) is 11.3 Å². The first-order chi connectivity index (χ1) is 10.1. The van der Waals surface area contributed by atoms with Gasteiger partial charge in [0.1, 0.15) is 0 Å². The number of aromatic nitrogens is 1. The number of hydrogen-bond donors (Lipinski definition) is 2. The van der Waals surface area contributed by atoms with Crippen LogP contribution in [0.3, 0.4) is 0 Å². The van der Waals surface area contributed by atoms with Crippen molar-refractivity contribution >= 4 is 17.3 Å². The Bertz CT molecular complexity index is 613. The zero-order valence-corrected chi connectivity index (χ0v) is 12.3. The Morgan fingerprint density at radius 3 is 2.71 bits per heavy atom. The Hall–Kier alpha value is -2.40. The van der Waals surface area contributed by atoms with E-state index in [0.29, 0.717) is 18.8 Å². The van der Waals surface area contributed by atoms with E-state index in [-0.39, 0.29) is 5.91 Å². The number of carbonyl (C=O) groups is 1. The molecule has 21 heavy (non-hydrogen) atoms. The molecule has 0 bridgehead atoms. The summed E-state index contributed by atoms with van der Waals surface area (Å²) in [4.78, 5) is 18.0. The predicted molar refractivity (Wildman–Crippen MR) is 84.8 cm³/mol. The lowest BCUT2D eigenvalue weighted by Gasteiger charge is -2.17. The summed E-state index contributed by atoms with van der Waals surface area (Å²) in [6, 6.07) is 9.39. The second kappa shape index (κ2) is 6.85. The van der Waals surface area contributed by atoms with Crippen molar-refractivity contribution in [1.29, 1.82) is 0 Å². The standard InChI is InChI=1S/C16H20N4O/c1-12-14(17)4-3-5-15(12)19-16(21)11-20(2)10-13-6-8-18-9-7-13/h3-9H,10-11,17H2,1-2H3,(H,19,21). The monoisotopic (exact) mass is 284 g/mol. The smallest absolute Gasteiger partial charge is 0.238 e. The number of rotatable bonds is 5. The van der Waals surface area contributed by atoms with Crippen LogP contribution in [0.5, 0.6) is 0 Å². The van der Waals surface area contributed by atoms with Crippen molar-refractivity contribution in [2.75, 3.05) is 24.6 Å². The highest BCUT2D eigenvalue weighted by atomic mass is 16.2. The van der Waals surface area contributed by atoms with Gasteiger partial charge in [-0.15, -0.1) is 0 Å². The number of nitrogen functional groups attached to an aromatic ring is 1. The third-order valence-electron chi connectivity index (χ3n) is 3.27. The lowest BCUT2D eigenvalue weighted by atomic mass is 10.1. The SMILES string of the molecule is Cc1c(N)cccc1NC(=O)CN(C)Cc1ccncc1. The third-order valence-corrected chi connectivity index (χ3v) is 3.27. The van der Waals surface area contributed by atoms with Gasteiger partial charge >= 0.3 is 0 Å². The molecule has 0 aliphatic heterocycles. The Labute approximate surface area is 124 Å². The summed E-state index contributed by atoms with van der Waals surface area (Å²) in [5.74, 6) is -0.0553. The van der Waals surface area contributed by atoms with Crippen molar-refractivity contribution in [3.63, 3.8) is 0 Å². The number of nitrogens with two attached hydrogens (primary N) is 1. The summed E-state index contributed by atoms with van der Waals surface area (Å²) in [5.41, 5.74) is 9.29. The number of carbonyl (C=O) groups excluding carboxylic acids is 1. The van der Waals surface area contributed by atoms with Gasteiger partial charge in [0.2, 0.25) is 5.91 Å². The molecule has 0 saturated carbocycles. The summed E-state index contributed by atoms with van der Waals surface area (Å²) in [6.45, 7) is 2.91. The molecule has 5 heteroatoms. The fraction of sp³-hybridized carbons (Fsp3) is 0.250. The van der Waals surface area contributed by atoms with Crippen molar-refractivity contribution < 1.29 is 4.79 Å². The molecule has 0 aliphatic rings. The number of amides is 1. The van der Waals surface area contributed by atoms with Crippen LogP contribution >= 0.6 is 0 Å². The third kappa shape index (κ3) is 4.29. The molecule has 1 amide bonds. The first-order valence-electron chi connectivity index (χ1n) is 6.78. The normalized spacial score (nSPS) is 10.6. The number of benzene rings is 1. The number of nitrogens with zero attached hydrogens (tertiary/aromatic N) is 2. The summed E-state index contributed by atoms with van der Waals surface area (Å²) in [6.07, 6.45) is 3.50. The topological polar surface area (TPSA) is 71.2 Å². The van der Waals surface area contributed by atoms with Gasteiger partial charge in [-0.05, 0) is 49.4 Å². The molecule has 0 spiro atoms. The lowest BCUT2D eigenvalue weighted by molar-refractivity contribution is -0.117. The van der Waals surface area contributed by atoms with Gasteiger partial charge in [0.05, 0.1) is 6.54 Å². The van der Waals surface area contributed by atoms with Crippen LogP contribution in [0.25, 0.3) is 0 Å². The van der Waals surface area contributed by atoms with E-state index >= 15 is 0 Å². The summed E-state index contributed by atoms with van der Waals surface area (Å²) in [5, 5.41) is 2.89. The maximum Gasteiger partial charge on any atom is 0.238 e. The molecule has 5 nitrogen and oxygen atoms in total. The van der Waals surface area contributed by atoms with Crippen LogP contribution in [-0.4, -0.2) is 29.4 Å². The Kier molecular flexibility index (Phi) is 4.90. The van der Waals surface area contributed by atoms with E-state index in [9.17, 15) is 4.79 Å². The number of likely N-dealkylation sites (N-methyl/N-ethyl adjacent to an activating group) is 1. The maximum atomic E-state index is 12.1. The molecule has 0 fully saturated rings. The van der Waals surface area contributed by atoms with Gasteiger partial charge in [0.25, 0.3) is 0 Å². The molecular weight excluding hydrogens is 264 g/mol. The van der Waals surface area contributed by atoms with Crippen molar-refractivity contribution in [1.82, 2.24) is 9.88 Å². The lowest BCUT2D eigenvalue weighted by Crippen LogP contribution is -2.30. The fourth-order valence-corrected chi connectivity index (χ4v) is 2.08. The van der Waals surface area contributed by atoms with Crippen LogP contribution < -0.4 is 11.1 Å². The number of hydrogen-bond acceptors (Lipinski definition) is 4. The van der Waals surface area contributed by atoms with Gasteiger partial charge in [-0.1, -0.05) is 6.07 Å². The zero-order chi connectivity index (χ0) is 15.2. The number of pyridine rings is 1. The Morgan fingerprint density at radius 1 is 1.29 bits per heavy atom. The van der Waals surface area contributed by atoms with Crippen molar-refractivity contribution in [2.45, 2.75) is 13.5 Å². The quantitative estimate of drug-likeness (QED) is 0.824. The average molecular weight is 284 g/mol. The highest BCUT2D eigenvalue weighted by Gasteiger charge is 2.09. The summed E-state index contributed by atoms with van der Waals surface area (Å²) >= 11 is 0. The minimum Gasteiger partial charge on any atom is -0.398 e. The first kappa shape index (κ1) is 15.0. The van der Waals surface area contributed by atoms with E-state index in [1.807, 2.05) is 49.2 Å². The van der Waals surface area contributed by atoms with Gasteiger partial charge in [0, 0.05) is 30.3 Å². The Morgan fingerprint density at radius 2 is 2.00 bits per heavy atom. The molecule has 0 saturated heterocycles. The van der Waals surface area contributed by atoms with Crippen LogP contribution in [0, 0.1) is 6.92 Å². The van der Waals surface area contributed by atoms with Gasteiger partial charge in [-0.2, -0.15) is 0 Å². The van der Waals surface area contributed by atoms with E-state index in [1.54, 1.807) is 12.4 Å². The van der Waals surface area contributed by atoms with Gasteiger partial charge < -0.3 is 11.1 Å². The molecule has 1 heterocycles. The molecule has 2 rings (SSSR count). The second-order valence-electron chi connectivity index (χ2n) is 5.10. The van der Waals surface area contributed by atoms with E-state index in [4.69, 9.17) is 5.73 Å². The second-order valence-corrected chi connectivity index (χ2v) is 5.10. The van der Waals surface area contributed by atoms with Crippen LogP contribution in [0.4, 0.5) is 11.4 Å². The average Bonchev–Trinajstić information content (AvgIpc) is 2.44. The maximum absolute atomic E-state index is 12.1. The van der Waals surface area contributed by atoms with Crippen LogP contribution in [0.15, 0.2) is 42.7 Å². The molecule has 1 aromatic carbocycles. The van der Waals surface area contributed by atoms with Gasteiger partial charge in [0.15, 0.2) is 0 Å². The minimum atomic E-state index is -0.0553. The molecule has 0 radical (unpaired) electrons. The van der Waals surface area contributed by atoms with Crippen molar-refractivity contribution in [3.8, 4) is 0 Å². The van der Waals surface area contributed by atoms with E-state index < -0.39 is 0 Å². The van der Waals surface area contributed by atoms with Gasteiger partial charge in [-0.3, -0.25) is 14.7 Å². The summed E-state index contributed by atoms with van der Waals surface area (Å²) in [7, 11) is 1.91. The molecule has 2 aromatic rings. The largest absolute Gasteiger partial charge is 0.398 e. The number of nitrogens with one attached hydrogen (secondary N) is 1. The van der Waals surface area contributed by atoms with Gasteiger partial charge in [-0.25, -0.2) is 0 Å². The highest BCUT2D eigenvalue weighted by molar-refractivity contribution is 5.93. The van der Waals surface area contributed by atoms with E-state index in [0.717, 1.165) is 16.8 Å².